The minimum Gasteiger partial charge on any atom is -0.436 e. The van der Waals surface area contributed by atoms with Crippen LogP contribution in [0.2, 0.25) is 0 Å². The van der Waals surface area contributed by atoms with Crippen molar-refractivity contribution in [3.63, 3.8) is 0 Å². The van der Waals surface area contributed by atoms with Crippen molar-refractivity contribution in [2.24, 2.45) is 0 Å². The molecule has 12 nitrogen and oxygen atoms in total. The zero-order valence-corrected chi connectivity index (χ0v) is 27.4. The van der Waals surface area contributed by atoms with Gasteiger partial charge in [0.05, 0.1) is 17.1 Å². The molecule has 0 radical (unpaired) electrons. The number of nitrogens with zero attached hydrogens (tertiary/aromatic N) is 8. The molecule has 0 aliphatic heterocycles. The van der Waals surface area contributed by atoms with Crippen LogP contribution in [0.25, 0.3) is 88.7 Å². The average molecular weight is 691 g/mol. The zero-order valence-electron chi connectivity index (χ0n) is 27.4. The third-order valence-electron chi connectivity index (χ3n) is 9.59. The van der Waals surface area contributed by atoms with Crippen molar-refractivity contribution in [2.45, 2.75) is 0 Å². The Morgan fingerprint density at radius 2 is 1.00 bits per heavy atom. The molecule has 12 heteroatoms. The Labute approximate surface area is 297 Å². The van der Waals surface area contributed by atoms with Crippen LogP contribution in [0.4, 0.5) is 17.1 Å². The highest BCUT2D eigenvalue weighted by atomic mass is 16.6. The molecule has 11 aromatic rings. The van der Waals surface area contributed by atoms with Crippen LogP contribution in [0.1, 0.15) is 0 Å². The Morgan fingerprint density at radius 1 is 0.396 bits per heavy atom. The first-order valence-electron chi connectivity index (χ1n) is 16.7. The van der Waals surface area contributed by atoms with Crippen molar-refractivity contribution < 1.29 is 18.3 Å². The molecule has 0 saturated heterocycles. The minimum atomic E-state index is 0.515. The second kappa shape index (κ2) is 11.4. The van der Waals surface area contributed by atoms with Gasteiger partial charge in [-0.2, -0.15) is 0 Å². The van der Waals surface area contributed by atoms with E-state index >= 15 is 0 Å². The van der Waals surface area contributed by atoms with Gasteiger partial charge in [0.2, 0.25) is 5.89 Å². The summed E-state index contributed by atoms with van der Waals surface area (Å²) in [6, 6.07) is 43.8. The number of para-hydroxylation sites is 2. The Kier molecular flexibility index (Phi) is 6.25. The molecule has 0 bridgehead atoms. The molecule has 0 unspecified atom stereocenters. The number of anilines is 3. The van der Waals surface area contributed by atoms with Gasteiger partial charge in [0, 0.05) is 16.7 Å². The van der Waals surface area contributed by atoms with Gasteiger partial charge in [-0.1, -0.05) is 72.8 Å². The molecule has 0 saturated carbocycles. The van der Waals surface area contributed by atoms with Crippen molar-refractivity contribution >= 4 is 72.0 Å². The fourth-order valence-corrected chi connectivity index (χ4v) is 7.13. The lowest BCUT2D eigenvalue weighted by atomic mass is 9.96. The second-order valence-electron chi connectivity index (χ2n) is 12.5. The van der Waals surface area contributed by atoms with E-state index in [1.165, 1.54) is 0 Å². The number of fused-ring (bicyclic) bond motifs is 5. The standard InChI is InChI=1S/C41H22N8O4/c1-2-9-26-23(7-1)8-5-10-28(26)29-20-22-34(40-37(29)45-53-48-40)49(32-13-6-12-31-38(32)46-51-43-31)33-21-19-27(36-39(33)47-52-44-36)24-15-17-25(18-16-24)41-42-30-11-3-4-14-35(30)50-41/h1-22H. The third-order valence-corrected chi connectivity index (χ3v) is 9.59. The van der Waals surface area contributed by atoms with E-state index < -0.39 is 0 Å². The lowest BCUT2D eigenvalue weighted by molar-refractivity contribution is 0.315. The number of oxazole rings is 1. The van der Waals surface area contributed by atoms with Crippen LogP contribution in [-0.4, -0.2) is 35.9 Å². The third kappa shape index (κ3) is 4.52. The van der Waals surface area contributed by atoms with Gasteiger partial charge >= 0.3 is 0 Å². The van der Waals surface area contributed by atoms with Gasteiger partial charge in [0.1, 0.15) is 22.1 Å². The first-order chi connectivity index (χ1) is 26.3. The summed E-state index contributed by atoms with van der Waals surface area (Å²) in [5, 5.41) is 28.3. The van der Waals surface area contributed by atoms with Gasteiger partial charge in [0.15, 0.2) is 22.1 Å². The fraction of sp³-hybridized carbons (Fsp3) is 0. The molecule has 0 aliphatic rings. The van der Waals surface area contributed by atoms with E-state index in [1.807, 2.05) is 114 Å². The fourth-order valence-electron chi connectivity index (χ4n) is 7.13. The molecule has 0 aliphatic carbocycles. The van der Waals surface area contributed by atoms with Crippen molar-refractivity contribution in [3.05, 3.63) is 133 Å². The Hall–Kier alpha value is -7.73. The van der Waals surface area contributed by atoms with Gasteiger partial charge in [0.25, 0.3) is 0 Å². The maximum Gasteiger partial charge on any atom is 0.227 e. The summed E-state index contributed by atoms with van der Waals surface area (Å²) in [6.45, 7) is 0. The molecule has 0 N–H and O–H groups in total. The predicted octanol–water partition coefficient (Wildman–Crippen LogP) is 10.1. The highest BCUT2D eigenvalue weighted by molar-refractivity contribution is 6.11. The molecule has 0 atom stereocenters. The molecule has 0 amide bonds. The van der Waals surface area contributed by atoms with Crippen LogP contribution < -0.4 is 4.90 Å². The van der Waals surface area contributed by atoms with E-state index in [1.54, 1.807) is 0 Å². The SMILES string of the molecule is c1ccc2c(-c3ccc(N(c4cccc5nonc45)c4ccc(-c5ccc(-c6nc7ccccc7o6)cc5)c5nonc45)c4nonc34)cccc2c1. The van der Waals surface area contributed by atoms with Crippen LogP contribution in [-0.2, 0) is 0 Å². The Morgan fingerprint density at radius 3 is 1.83 bits per heavy atom. The summed E-state index contributed by atoms with van der Waals surface area (Å²) < 4.78 is 22.1. The van der Waals surface area contributed by atoms with E-state index in [4.69, 9.17) is 18.3 Å². The molecule has 11 rings (SSSR count). The number of benzene rings is 7. The Bertz CT molecular complexity index is 3120. The smallest absolute Gasteiger partial charge is 0.227 e. The number of hydrogen-bond acceptors (Lipinski definition) is 12. The predicted molar refractivity (Wildman–Crippen MR) is 199 cm³/mol. The quantitative estimate of drug-likeness (QED) is 0.164. The van der Waals surface area contributed by atoms with Crippen molar-refractivity contribution in [1.82, 2.24) is 35.9 Å². The molecule has 53 heavy (non-hydrogen) atoms. The average Bonchev–Trinajstić information content (AvgIpc) is 4.05. The second-order valence-corrected chi connectivity index (χ2v) is 12.5. The first kappa shape index (κ1) is 29.0. The van der Waals surface area contributed by atoms with E-state index in [-0.39, 0.29) is 0 Å². The number of rotatable bonds is 6. The van der Waals surface area contributed by atoms with E-state index in [0.717, 1.165) is 49.7 Å². The van der Waals surface area contributed by atoms with Gasteiger partial charge in [-0.15, -0.1) is 0 Å². The van der Waals surface area contributed by atoms with Crippen LogP contribution in [0.15, 0.2) is 152 Å². The maximum atomic E-state index is 6.00. The maximum absolute atomic E-state index is 6.00. The van der Waals surface area contributed by atoms with Crippen molar-refractivity contribution in [2.75, 3.05) is 4.90 Å². The molecular formula is C41H22N8O4. The molecule has 4 aromatic heterocycles. The number of hydrogen-bond donors (Lipinski definition) is 0. The Balaban J connectivity index is 1.08. The lowest BCUT2D eigenvalue weighted by Gasteiger charge is -2.25. The highest BCUT2D eigenvalue weighted by Gasteiger charge is 2.27. The van der Waals surface area contributed by atoms with Crippen LogP contribution in [0, 0.1) is 0 Å². The van der Waals surface area contributed by atoms with Gasteiger partial charge in [-0.3, -0.25) is 0 Å². The summed E-state index contributed by atoms with van der Waals surface area (Å²) in [4.78, 5) is 6.63. The summed E-state index contributed by atoms with van der Waals surface area (Å²) in [5.74, 6) is 0.550. The number of aromatic nitrogens is 7. The van der Waals surface area contributed by atoms with Crippen LogP contribution >= 0.6 is 0 Å². The molecule has 0 spiro atoms. The van der Waals surface area contributed by atoms with Gasteiger partial charge in [-0.25, -0.2) is 18.9 Å². The normalized spacial score (nSPS) is 11.8. The summed E-state index contributed by atoms with van der Waals surface area (Å²) in [7, 11) is 0. The van der Waals surface area contributed by atoms with E-state index in [9.17, 15) is 0 Å². The molecule has 7 aromatic carbocycles. The van der Waals surface area contributed by atoms with Crippen molar-refractivity contribution in [3.8, 4) is 33.7 Å². The van der Waals surface area contributed by atoms with E-state index in [2.05, 4.69) is 60.2 Å². The van der Waals surface area contributed by atoms with Crippen molar-refractivity contribution in [1.29, 1.82) is 0 Å². The van der Waals surface area contributed by atoms with Crippen LogP contribution in [0.3, 0.4) is 0 Å². The molecular weight excluding hydrogens is 669 g/mol. The minimum absolute atomic E-state index is 0.515. The van der Waals surface area contributed by atoms with E-state index in [0.29, 0.717) is 56.1 Å². The summed E-state index contributed by atoms with van der Waals surface area (Å²) >= 11 is 0. The molecule has 4 heterocycles. The van der Waals surface area contributed by atoms with Gasteiger partial charge < -0.3 is 9.32 Å². The molecule has 250 valence electrons. The largest absolute Gasteiger partial charge is 0.436 e. The van der Waals surface area contributed by atoms with Gasteiger partial charge in [-0.05, 0) is 114 Å². The highest BCUT2D eigenvalue weighted by Crippen LogP contribution is 2.46. The van der Waals surface area contributed by atoms with Crippen LogP contribution in [0.5, 0.6) is 0 Å². The molecule has 0 fully saturated rings. The summed E-state index contributed by atoms with van der Waals surface area (Å²) in [5.41, 5.74) is 11.4. The zero-order chi connectivity index (χ0) is 34.9. The monoisotopic (exact) mass is 690 g/mol. The summed E-state index contributed by atoms with van der Waals surface area (Å²) in [6.07, 6.45) is 0. The first-order valence-corrected chi connectivity index (χ1v) is 16.7. The lowest BCUT2D eigenvalue weighted by Crippen LogP contribution is -2.12. The topological polar surface area (TPSA) is 146 Å².